The van der Waals surface area contributed by atoms with Gasteiger partial charge in [-0.1, -0.05) is 36.4 Å². The van der Waals surface area contributed by atoms with Gasteiger partial charge in [-0.05, 0) is 69.6 Å². The maximum atomic E-state index is 13.0. The van der Waals surface area contributed by atoms with E-state index >= 15 is 0 Å². The summed E-state index contributed by atoms with van der Waals surface area (Å²) in [6.07, 6.45) is -0.647. The fourth-order valence-electron chi connectivity index (χ4n) is 4.35. The summed E-state index contributed by atoms with van der Waals surface area (Å²) < 4.78 is 30.6. The van der Waals surface area contributed by atoms with Crippen molar-refractivity contribution in [2.45, 2.75) is 63.8 Å². The van der Waals surface area contributed by atoms with E-state index in [1.165, 1.54) is 0 Å². The van der Waals surface area contributed by atoms with Gasteiger partial charge in [0.25, 0.3) is 6.23 Å². The molecule has 3 aromatic rings. The molecule has 1 aliphatic heterocycles. The second kappa shape index (κ2) is 14.4. The van der Waals surface area contributed by atoms with Crippen LogP contribution in [0.25, 0.3) is 0 Å². The molecule has 2 aromatic carbocycles. The number of ether oxygens (including phenoxy) is 3. The Bertz CT molecular complexity index is 1410. The molecule has 9 nitrogen and oxygen atoms in total. The number of carbonyl (C=O) groups excluding carboxylic acids is 2. The SMILES string of the molecule is C[Si](C)(C)/N=C(\O[Si](C)(C)C)c1ccc[n+]([C@@H]2O[C@H](COC(=O)c3ccccc3)[C@@H](OC(=O)c3ccccc3)[C@H]2O)c1.[Cl-]. The highest BCUT2D eigenvalue weighted by molar-refractivity contribution is 6.76. The number of aliphatic hydroxyl groups is 1. The Balaban J connectivity index is 0.00000506. The monoisotopic (exact) mass is 642 g/mol. The van der Waals surface area contributed by atoms with Crippen LogP contribution in [0.5, 0.6) is 0 Å². The Hall–Kier alpha value is -3.36. The zero-order valence-corrected chi connectivity index (χ0v) is 28.0. The van der Waals surface area contributed by atoms with Crippen LogP contribution in [-0.4, -0.2) is 64.4 Å². The van der Waals surface area contributed by atoms with Gasteiger partial charge in [0.05, 0.1) is 16.7 Å². The van der Waals surface area contributed by atoms with Gasteiger partial charge in [0.1, 0.15) is 12.7 Å². The van der Waals surface area contributed by atoms with Crippen LogP contribution in [0.2, 0.25) is 39.3 Å². The third-order valence-electron chi connectivity index (χ3n) is 6.15. The van der Waals surface area contributed by atoms with Gasteiger partial charge in [-0.3, -0.25) is 4.66 Å². The number of benzene rings is 2. The van der Waals surface area contributed by atoms with Crippen LogP contribution in [0.4, 0.5) is 0 Å². The van der Waals surface area contributed by atoms with Crippen LogP contribution < -0.4 is 17.0 Å². The van der Waals surface area contributed by atoms with E-state index in [9.17, 15) is 14.7 Å². The molecular formula is C31H39ClN2O7Si2. The molecule has 1 saturated heterocycles. The second-order valence-corrected chi connectivity index (χ2v) is 21.1. The zero-order valence-electron chi connectivity index (χ0n) is 25.3. The molecular weight excluding hydrogens is 604 g/mol. The fourth-order valence-corrected chi connectivity index (χ4v) is 5.96. The molecule has 1 N–H and O–H groups in total. The van der Waals surface area contributed by atoms with Gasteiger partial charge in [-0.25, -0.2) is 9.59 Å². The minimum atomic E-state index is -1.99. The molecule has 0 saturated carbocycles. The predicted molar refractivity (Wildman–Crippen MR) is 163 cm³/mol. The van der Waals surface area contributed by atoms with E-state index < -0.39 is 53.0 Å². The molecule has 0 aliphatic carbocycles. The lowest BCUT2D eigenvalue weighted by Crippen LogP contribution is -3.00. The normalized spacial score (nSPS) is 20.6. The zero-order chi connectivity index (χ0) is 30.5. The van der Waals surface area contributed by atoms with E-state index in [1.807, 2.05) is 12.1 Å². The summed E-state index contributed by atoms with van der Waals surface area (Å²) in [4.78, 5) is 25.6. The molecule has 0 unspecified atom stereocenters. The maximum Gasteiger partial charge on any atom is 0.338 e. The average Bonchev–Trinajstić information content (AvgIpc) is 3.25. The number of aliphatic hydroxyl groups excluding tert-OH is 1. The minimum absolute atomic E-state index is 0. The fraction of sp³-hybridized carbons (Fsp3) is 0.355. The molecule has 1 aliphatic rings. The van der Waals surface area contributed by atoms with E-state index in [2.05, 4.69) is 39.3 Å². The van der Waals surface area contributed by atoms with Crippen molar-refractivity contribution in [1.82, 2.24) is 0 Å². The first-order valence-corrected chi connectivity index (χ1v) is 20.8. The highest BCUT2D eigenvalue weighted by Crippen LogP contribution is 2.29. The first-order valence-electron chi connectivity index (χ1n) is 13.9. The molecule has 12 heteroatoms. The molecule has 0 amide bonds. The van der Waals surface area contributed by atoms with Gasteiger partial charge >= 0.3 is 11.9 Å². The molecule has 1 aromatic heterocycles. The van der Waals surface area contributed by atoms with Crippen LogP contribution >= 0.6 is 0 Å². The van der Waals surface area contributed by atoms with Crippen molar-refractivity contribution in [3.63, 3.8) is 0 Å². The van der Waals surface area contributed by atoms with Crippen LogP contribution in [0.3, 0.4) is 0 Å². The van der Waals surface area contributed by atoms with Crippen molar-refractivity contribution >= 4 is 34.4 Å². The molecule has 0 spiro atoms. The Morgan fingerprint density at radius 1 is 0.860 bits per heavy atom. The summed E-state index contributed by atoms with van der Waals surface area (Å²) in [5.41, 5.74) is 1.46. The standard InChI is InChI=1S/C31H39N2O7Si2.ClH/c1-41(2,3)32-28(40-42(4,5)6)24-18-13-19-33(20-24)29-26(34)27(39-31(36)23-16-11-8-12-17-23)25(38-29)21-37-30(35)22-14-9-7-10-15-22;/h7-20,25-27,29,34H,21H2,1-6H3;1H/q+1;/p-1/b32-28-;/t25-,26-,27-,29-;/m1./s1. The van der Waals surface area contributed by atoms with Gasteiger partial charge in [-0.2, -0.15) is 4.57 Å². The first kappa shape index (κ1) is 34.1. The Morgan fingerprint density at radius 3 is 1.98 bits per heavy atom. The average molecular weight is 643 g/mol. The Morgan fingerprint density at radius 2 is 1.42 bits per heavy atom. The summed E-state index contributed by atoms with van der Waals surface area (Å²) in [6.45, 7) is 12.5. The Kier molecular flexibility index (Phi) is 11.4. The third kappa shape index (κ3) is 9.57. The van der Waals surface area contributed by atoms with E-state index in [0.717, 1.165) is 5.56 Å². The topological polar surface area (TPSA) is 108 Å². The minimum Gasteiger partial charge on any atom is -1.00 e. The summed E-state index contributed by atoms with van der Waals surface area (Å²) in [6, 6.07) is 20.8. The number of esters is 2. The highest BCUT2D eigenvalue weighted by atomic mass is 35.5. The molecule has 2 heterocycles. The van der Waals surface area contributed by atoms with Crippen molar-refractivity contribution in [3.8, 4) is 0 Å². The predicted octanol–water partition coefficient (Wildman–Crippen LogP) is 1.75. The van der Waals surface area contributed by atoms with E-state index in [0.29, 0.717) is 17.0 Å². The number of aromatic nitrogens is 1. The summed E-state index contributed by atoms with van der Waals surface area (Å²) in [5, 5.41) is 11.4. The summed E-state index contributed by atoms with van der Waals surface area (Å²) >= 11 is 0. The number of halogens is 1. The van der Waals surface area contributed by atoms with Crippen LogP contribution in [0.1, 0.15) is 32.5 Å². The number of carbonyl (C=O) groups is 2. The summed E-state index contributed by atoms with van der Waals surface area (Å²) in [7, 11) is -3.89. The second-order valence-electron chi connectivity index (χ2n) is 12.1. The molecule has 4 rings (SSSR count). The smallest absolute Gasteiger partial charge is 0.338 e. The van der Waals surface area contributed by atoms with Gasteiger partial charge in [0.15, 0.2) is 38.7 Å². The van der Waals surface area contributed by atoms with Crippen LogP contribution in [0.15, 0.2) is 89.8 Å². The van der Waals surface area contributed by atoms with Crippen LogP contribution in [0, 0.1) is 0 Å². The van der Waals surface area contributed by atoms with E-state index in [1.54, 1.807) is 77.6 Å². The first-order chi connectivity index (χ1) is 19.8. The number of rotatable bonds is 9. The molecule has 230 valence electrons. The lowest BCUT2D eigenvalue weighted by atomic mass is 10.1. The highest BCUT2D eigenvalue weighted by Gasteiger charge is 2.52. The summed E-state index contributed by atoms with van der Waals surface area (Å²) in [5.74, 6) is -0.596. The molecule has 0 radical (unpaired) electrons. The number of hydrogen-bond acceptors (Lipinski definition) is 8. The number of pyridine rings is 1. The van der Waals surface area contributed by atoms with Gasteiger partial charge in [0, 0.05) is 6.07 Å². The van der Waals surface area contributed by atoms with Crippen LogP contribution in [-0.2, 0) is 18.6 Å². The van der Waals surface area contributed by atoms with Gasteiger partial charge in [-0.15, -0.1) is 0 Å². The van der Waals surface area contributed by atoms with E-state index in [4.69, 9.17) is 23.3 Å². The van der Waals surface area contributed by atoms with Gasteiger partial charge < -0.3 is 36.2 Å². The number of hydrogen-bond donors (Lipinski definition) is 1. The van der Waals surface area contributed by atoms with E-state index in [-0.39, 0.29) is 19.0 Å². The molecule has 1 fully saturated rings. The lowest BCUT2D eigenvalue weighted by Gasteiger charge is -2.23. The maximum absolute atomic E-state index is 13.0. The third-order valence-corrected chi connectivity index (χ3v) is 7.83. The van der Waals surface area contributed by atoms with Crippen molar-refractivity contribution < 1.29 is 50.3 Å². The van der Waals surface area contributed by atoms with Crippen molar-refractivity contribution in [2.24, 2.45) is 4.66 Å². The molecule has 0 bridgehead atoms. The molecule has 43 heavy (non-hydrogen) atoms. The molecule has 4 atom stereocenters. The lowest BCUT2D eigenvalue weighted by molar-refractivity contribution is -0.765. The van der Waals surface area contributed by atoms with Gasteiger partial charge in [0.2, 0.25) is 8.32 Å². The van der Waals surface area contributed by atoms with Crippen molar-refractivity contribution in [3.05, 3.63) is 102 Å². The van der Waals surface area contributed by atoms with Crippen molar-refractivity contribution in [2.75, 3.05) is 6.61 Å². The number of nitrogens with zero attached hydrogens (tertiary/aromatic N) is 2. The Labute approximate surface area is 261 Å². The largest absolute Gasteiger partial charge is 1.00 e. The quantitative estimate of drug-likeness (QED) is 0.125. The van der Waals surface area contributed by atoms with Crippen molar-refractivity contribution in [1.29, 1.82) is 0 Å².